The summed E-state index contributed by atoms with van der Waals surface area (Å²) in [6.07, 6.45) is 2.96. The van der Waals surface area contributed by atoms with Crippen molar-refractivity contribution in [2.45, 2.75) is 6.92 Å². The van der Waals surface area contributed by atoms with E-state index in [2.05, 4.69) is 10.3 Å². The summed E-state index contributed by atoms with van der Waals surface area (Å²) in [4.78, 5) is 15.8. The molecule has 0 saturated carbocycles. The highest BCUT2D eigenvalue weighted by Gasteiger charge is 2.04. The highest BCUT2D eigenvalue weighted by Crippen LogP contribution is 2.22. The first-order chi connectivity index (χ1) is 9.04. The number of benzene rings is 1. The second-order valence-electron chi connectivity index (χ2n) is 3.74. The van der Waals surface area contributed by atoms with Gasteiger partial charge in [0.2, 0.25) is 5.91 Å². The predicted molar refractivity (Wildman–Crippen MR) is 75.9 cm³/mol. The zero-order chi connectivity index (χ0) is 13.8. The van der Waals surface area contributed by atoms with Gasteiger partial charge in [0.15, 0.2) is 0 Å². The van der Waals surface area contributed by atoms with Gasteiger partial charge in [-0.1, -0.05) is 11.6 Å². The van der Waals surface area contributed by atoms with Gasteiger partial charge in [0.05, 0.1) is 21.4 Å². The summed E-state index contributed by atoms with van der Waals surface area (Å²) in [6, 6.07) is 3.79. The number of aromatic nitrogens is 1. The topological polar surface area (TPSA) is 42.0 Å². The van der Waals surface area contributed by atoms with Gasteiger partial charge in [0.1, 0.15) is 5.82 Å². The number of hydrogen-bond acceptors (Lipinski definition) is 3. The molecular formula is C13H10ClFN2OS. The lowest BCUT2D eigenvalue weighted by Crippen LogP contribution is -2.08. The number of thiazole rings is 1. The fraction of sp³-hybridized carbons (Fsp3) is 0.0769. The summed E-state index contributed by atoms with van der Waals surface area (Å²) in [6.45, 7) is 1.89. The number of hydrogen-bond donors (Lipinski definition) is 1. The molecule has 98 valence electrons. The lowest BCUT2D eigenvalue weighted by Gasteiger charge is -2.04. The molecule has 19 heavy (non-hydrogen) atoms. The minimum atomic E-state index is -0.448. The lowest BCUT2D eigenvalue weighted by atomic mass is 10.3. The minimum absolute atomic E-state index is 0.159. The highest BCUT2D eigenvalue weighted by molar-refractivity contribution is 7.09. The van der Waals surface area contributed by atoms with E-state index in [1.165, 1.54) is 29.5 Å². The second-order valence-corrected chi connectivity index (χ2v) is 5.21. The fourth-order valence-corrected chi connectivity index (χ4v) is 2.18. The van der Waals surface area contributed by atoms with Crippen LogP contribution in [0.5, 0.6) is 0 Å². The normalized spacial score (nSPS) is 10.9. The monoisotopic (exact) mass is 296 g/mol. The molecule has 0 aliphatic carbocycles. The first kappa shape index (κ1) is 13.7. The van der Waals surface area contributed by atoms with Gasteiger partial charge in [-0.3, -0.25) is 4.79 Å². The van der Waals surface area contributed by atoms with Crippen molar-refractivity contribution in [3.63, 3.8) is 0 Å². The molecule has 0 spiro atoms. The standard InChI is InChI=1S/C13H10ClFN2OS/c1-8-16-10(7-19-8)3-5-13(18)17-12-4-2-9(15)6-11(12)14/h2-7H,1H3,(H,17,18)/b5-3+. The molecule has 3 nitrogen and oxygen atoms in total. The van der Waals surface area contributed by atoms with E-state index in [0.29, 0.717) is 5.69 Å². The number of rotatable bonds is 3. The number of aryl methyl sites for hydroxylation is 1. The molecule has 1 N–H and O–H groups in total. The van der Waals surface area contributed by atoms with Gasteiger partial charge in [0, 0.05) is 11.5 Å². The fourth-order valence-electron chi connectivity index (χ4n) is 1.38. The zero-order valence-electron chi connectivity index (χ0n) is 9.98. The number of anilines is 1. The average molecular weight is 297 g/mol. The number of halogens is 2. The van der Waals surface area contributed by atoms with E-state index in [9.17, 15) is 9.18 Å². The van der Waals surface area contributed by atoms with Crippen LogP contribution in [0.4, 0.5) is 10.1 Å². The first-order valence-corrected chi connectivity index (χ1v) is 6.66. The van der Waals surface area contributed by atoms with Crippen molar-refractivity contribution in [1.82, 2.24) is 4.98 Å². The van der Waals surface area contributed by atoms with Crippen LogP contribution < -0.4 is 5.32 Å². The number of carbonyl (C=O) groups is 1. The van der Waals surface area contributed by atoms with Gasteiger partial charge in [-0.2, -0.15) is 0 Å². The molecule has 0 bridgehead atoms. The molecule has 0 aliphatic heterocycles. The zero-order valence-corrected chi connectivity index (χ0v) is 11.6. The molecule has 1 amide bonds. The summed E-state index contributed by atoms with van der Waals surface area (Å²) in [5, 5.41) is 5.51. The SMILES string of the molecule is Cc1nc(/C=C/C(=O)Nc2ccc(F)cc2Cl)cs1. The summed E-state index contributed by atoms with van der Waals surface area (Å²) in [5.74, 6) is -0.796. The predicted octanol–water partition coefficient (Wildman–Crippen LogP) is 3.90. The van der Waals surface area contributed by atoms with E-state index >= 15 is 0 Å². The maximum atomic E-state index is 12.8. The van der Waals surface area contributed by atoms with Crippen LogP contribution in [0.3, 0.4) is 0 Å². The molecule has 2 aromatic rings. The van der Waals surface area contributed by atoms with Crippen molar-refractivity contribution >= 4 is 40.6 Å². The Kier molecular flexibility index (Phi) is 4.29. The Hall–Kier alpha value is -1.72. The Bertz CT molecular complexity index is 639. The van der Waals surface area contributed by atoms with Crippen LogP contribution >= 0.6 is 22.9 Å². The molecule has 2 rings (SSSR count). The molecule has 0 aliphatic rings. The van der Waals surface area contributed by atoms with Crippen molar-refractivity contribution in [2.24, 2.45) is 0 Å². The Labute approximate surface area is 118 Å². The number of nitrogens with one attached hydrogen (secondary N) is 1. The highest BCUT2D eigenvalue weighted by atomic mass is 35.5. The second kappa shape index (κ2) is 5.95. The quantitative estimate of drug-likeness (QED) is 0.873. The Balaban J connectivity index is 2.03. The third-order valence-electron chi connectivity index (χ3n) is 2.23. The molecule has 0 radical (unpaired) electrons. The number of carbonyl (C=O) groups excluding carboxylic acids is 1. The van der Waals surface area contributed by atoms with Crippen LogP contribution in [0.2, 0.25) is 5.02 Å². The molecule has 0 fully saturated rings. The van der Waals surface area contributed by atoms with Gasteiger partial charge in [0.25, 0.3) is 0 Å². The van der Waals surface area contributed by atoms with Crippen LogP contribution in [0.25, 0.3) is 6.08 Å². The Morgan fingerprint density at radius 2 is 2.32 bits per heavy atom. The summed E-state index contributed by atoms with van der Waals surface area (Å²) >= 11 is 7.31. The van der Waals surface area contributed by atoms with Crippen molar-refractivity contribution in [2.75, 3.05) is 5.32 Å². The first-order valence-electron chi connectivity index (χ1n) is 5.41. The van der Waals surface area contributed by atoms with Crippen molar-refractivity contribution in [1.29, 1.82) is 0 Å². The molecule has 1 heterocycles. The van der Waals surface area contributed by atoms with Gasteiger partial charge in [-0.05, 0) is 31.2 Å². The summed E-state index contributed by atoms with van der Waals surface area (Å²) in [5.41, 5.74) is 1.09. The third kappa shape index (κ3) is 3.87. The van der Waals surface area contributed by atoms with Crippen molar-refractivity contribution in [3.05, 3.63) is 51.2 Å². The van der Waals surface area contributed by atoms with Crippen molar-refractivity contribution < 1.29 is 9.18 Å². The number of amides is 1. The van der Waals surface area contributed by atoms with E-state index in [-0.39, 0.29) is 10.9 Å². The molecule has 0 saturated heterocycles. The largest absolute Gasteiger partial charge is 0.321 e. The lowest BCUT2D eigenvalue weighted by molar-refractivity contribution is -0.111. The summed E-state index contributed by atoms with van der Waals surface area (Å²) < 4.78 is 12.8. The minimum Gasteiger partial charge on any atom is -0.321 e. The van der Waals surface area contributed by atoms with Gasteiger partial charge < -0.3 is 5.32 Å². The number of nitrogens with zero attached hydrogens (tertiary/aromatic N) is 1. The van der Waals surface area contributed by atoms with Crippen LogP contribution in [0.15, 0.2) is 29.7 Å². The molecular weight excluding hydrogens is 287 g/mol. The van der Waals surface area contributed by atoms with Gasteiger partial charge >= 0.3 is 0 Å². The Morgan fingerprint density at radius 3 is 2.95 bits per heavy atom. The van der Waals surface area contributed by atoms with E-state index in [0.717, 1.165) is 16.8 Å². The Morgan fingerprint density at radius 1 is 1.53 bits per heavy atom. The molecule has 1 aromatic heterocycles. The van der Waals surface area contributed by atoms with Crippen LogP contribution in [-0.4, -0.2) is 10.9 Å². The molecule has 1 aromatic carbocycles. The van der Waals surface area contributed by atoms with Crippen LogP contribution in [-0.2, 0) is 4.79 Å². The third-order valence-corrected chi connectivity index (χ3v) is 3.34. The smallest absolute Gasteiger partial charge is 0.248 e. The van der Waals surface area contributed by atoms with Crippen LogP contribution in [0, 0.1) is 12.7 Å². The van der Waals surface area contributed by atoms with E-state index in [1.807, 2.05) is 12.3 Å². The average Bonchev–Trinajstić information content (AvgIpc) is 2.76. The van der Waals surface area contributed by atoms with Crippen molar-refractivity contribution in [3.8, 4) is 0 Å². The van der Waals surface area contributed by atoms with E-state index < -0.39 is 5.82 Å². The molecule has 0 atom stereocenters. The van der Waals surface area contributed by atoms with Crippen LogP contribution in [0.1, 0.15) is 10.7 Å². The van der Waals surface area contributed by atoms with E-state index in [4.69, 9.17) is 11.6 Å². The molecule has 0 unspecified atom stereocenters. The van der Waals surface area contributed by atoms with Gasteiger partial charge in [-0.25, -0.2) is 9.37 Å². The molecule has 6 heteroatoms. The maximum Gasteiger partial charge on any atom is 0.248 e. The van der Waals surface area contributed by atoms with E-state index in [1.54, 1.807) is 6.08 Å². The summed E-state index contributed by atoms with van der Waals surface area (Å²) in [7, 11) is 0. The van der Waals surface area contributed by atoms with Gasteiger partial charge in [-0.15, -0.1) is 11.3 Å². The maximum absolute atomic E-state index is 12.8.